The molecule has 1 aromatic carbocycles. The van der Waals surface area contributed by atoms with Crippen LogP contribution in [-0.2, 0) is 16.0 Å². The highest BCUT2D eigenvalue weighted by molar-refractivity contribution is 5.84. The molecule has 0 heterocycles. The molecule has 1 aliphatic rings. The zero-order chi connectivity index (χ0) is 24.1. The predicted octanol–water partition coefficient (Wildman–Crippen LogP) is 1.69. The molecule has 0 unspecified atom stereocenters. The number of amides is 1. The number of carbonyl (C=O) groups is 2. The number of hydrogen-bond donors (Lipinski definition) is 5. The van der Waals surface area contributed by atoms with Crippen molar-refractivity contribution in [3.05, 3.63) is 60.2 Å². The predicted molar refractivity (Wildman–Crippen MR) is 126 cm³/mol. The number of ketones is 1. The summed E-state index contributed by atoms with van der Waals surface area (Å²) in [7, 11) is 0. The van der Waals surface area contributed by atoms with Gasteiger partial charge in [0, 0.05) is 24.7 Å². The number of unbranched alkanes of at least 4 members (excludes halogenated alkanes) is 1. The van der Waals surface area contributed by atoms with Gasteiger partial charge in [0.2, 0.25) is 5.91 Å². The average Bonchev–Trinajstić information content (AvgIpc) is 3.09. The number of Topliss-reactive ketones (excluding diaryl/α,β-unsaturated/α-hetero) is 1. The summed E-state index contributed by atoms with van der Waals surface area (Å²) in [5.41, 5.74) is 1.16. The van der Waals surface area contributed by atoms with E-state index in [-0.39, 0.29) is 49.6 Å². The van der Waals surface area contributed by atoms with Crippen molar-refractivity contribution in [2.45, 2.75) is 63.2 Å². The number of allylic oxidation sites excluding steroid dienone is 2. The Kier molecular flexibility index (Phi) is 12.0. The lowest BCUT2D eigenvalue weighted by molar-refractivity contribution is -0.122. The van der Waals surface area contributed by atoms with Gasteiger partial charge < -0.3 is 25.7 Å². The number of nitrogens with one attached hydrogen (secondary N) is 1. The zero-order valence-corrected chi connectivity index (χ0v) is 19.1. The van der Waals surface area contributed by atoms with E-state index in [1.54, 1.807) is 12.2 Å². The molecule has 4 atom stereocenters. The molecule has 0 radical (unpaired) electrons. The third-order valence-corrected chi connectivity index (χ3v) is 6.00. The lowest BCUT2D eigenvalue weighted by Gasteiger charge is -2.16. The summed E-state index contributed by atoms with van der Waals surface area (Å²) in [5.74, 6) is -0.819. The summed E-state index contributed by atoms with van der Waals surface area (Å²) in [4.78, 5) is 24.1. The van der Waals surface area contributed by atoms with E-state index < -0.39 is 18.2 Å². The number of hydrogen-bond acceptors (Lipinski definition) is 6. The molecule has 0 bridgehead atoms. The fourth-order valence-corrected chi connectivity index (χ4v) is 4.03. The summed E-state index contributed by atoms with van der Waals surface area (Å²) in [6, 6.07) is 9.30. The minimum absolute atomic E-state index is 0.0269. The van der Waals surface area contributed by atoms with Gasteiger partial charge >= 0.3 is 0 Å². The van der Waals surface area contributed by atoms with Crippen LogP contribution in [0.15, 0.2) is 54.6 Å². The standard InChI is InChI=1S/C26H37NO6/c28-17-20(18-29)27-26(33)11-7-2-1-6-10-22-23(25(32)16-24(22)31)15-14-21(30)13-12-19-8-4-3-5-9-19/h1,3-6,8-9,14-15,20-23,25,28-30,32H,2,7,10-13,16-18H2,(H,27,33)/b6-1-,15-14+/t21-,22-,23-,25-/m1/s1. The average molecular weight is 460 g/mol. The second-order valence-electron chi connectivity index (χ2n) is 8.63. The van der Waals surface area contributed by atoms with Crippen LogP contribution in [0.1, 0.15) is 44.1 Å². The molecule has 0 spiro atoms. The Balaban J connectivity index is 1.75. The largest absolute Gasteiger partial charge is 0.394 e. The van der Waals surface area contributed by atoms with Crippen LogP contribution in [0.25, 0.3) is 0 Å². The maximum atomic E-state index is 12.3. The van der Waals surface area contributed by atoms with Crippen LogP contribution in [0.5, 0.6) is 0 Å². The molecular formula is C26H37NO6. The van der Waals surface area contributed by atoms with Gasteiger partial charge in [0.25, 0.3) is 0 Å². The molecule has 0 saturated heterocycles. The van der Waals surface area contributed by atoms with E-state index in [0.29, 0.717) is 25.7 Å². The highest BCUT2D eigenvalue weighted by Crippen LogP contribution is 2.33. The summed E-state index contributed by atoms with van der Waals surface area (Å²) < 4.78 is 0. The van der Waals surface area contributed by atoms with Crippen molar-refractivity contribution in [1.29, 1.82) is 0 Å². The molecule has 33 heavy (non-hydrogen) atoms. The van der Waals surface area contributed by atoms with Crippen molar-refractivity contribution in [2.24, 2.45) is 11.8 Å². The molecule has 1 aliphatic carbocycles. The Bertz CT molecular complexity index is 774. The summed E-state index contributed by atoms with van der Waals surface area (Å²) in [6.07, 6.45) is 9.48. The highest BCUT2D eigenvalue weighted by Gasteiger charge is 2.39. The van der Waals surface area contributed by atoms with Crippen molar-refractivity contribution in [3.63, 3.8) is 0 Å². The normalized spacial score (nSPS) is 22.0. The molecule has 0 aliphatic heterocycles. The van der Waals surface area contributed by atoms with Crippen LogP contribution in [-0.4, -0.2) is 63.6 Å². The number of aliphatic hydroxyl groups is 4. The van der Waals surface area contributed by atoms with Crippen LogP contribution in [0, 0.1) is 11.8 Å². The van der Waals surface area contributed by atoms with Gasteiger partial charge in [-0.1, -0.05) is 54.6 Å². The van der Waals surface area contributed by atoms with Gasteiger partial charge in [0.05, 0.1) is 31.5 Å². The molecule has 0 aromatic heterocycles. The van der Waals surface area contributed by atoms with Gasteiger partial charge in [0.1, 0.15) is 5.78 Å². The number of aliphatic hydroxyl groups excluding tert-OH is 4. The van der Waals surface area contributed by atoms with Crippen LogP contribution in [0.3, 0.4) is 0 Å². The second kappa shape index (κ2) is 14.8. The third kappa shape index (κ3) is 9.60. The molecule has 1 fully saturated rings. The first-order valence-electron chi connectivity index (χ1n) is 11.7. The number of rotatable bonds is 14. The van der Waals surface area contributed by atoms with Gasteiger partial charge in [-0.25, -0.2) is 0 Å². The Labute approximate surface area is 195 Å². The van der Waals surface area contributed by atoms with Gasteiger partial charge in [-0.2, -0.15) is 0 Å². The van der Waals surface area contributed by atoms with Gasteiger partial charge in [-0.3, -0.25) is 9.59 Å². The molecule has 1 aromatic rings. The van der Waals surface area contributed by atoms with Crippen LogP contribution < -0.4 is 5.32 Å². The third-order valence-electron chi connectivity index (χ3n) is 6.00. The van der Waals surface area contributed by atoms with E-state index >= 15 is 0 Å². The second-order valence-corrected chi connectivity index (χ2v) is 8.63. The first kappa shape index (κ1) is 26.9. The number of aryl methyl sites for hydroxylation is 1. The van der Waals surface area contributed by atoms with Crippen LogP contribution >= 0.6 is 0 Å². The lowest BCUT2D eigenvalue weighted by Crippen LogP contribution is -2.39. The topological polar surface area (TPSA) is 127 Å². The molecule has 7 nitrogen and oxygen atoms in total. The fourth-order valence-electron chi connectivity index (χ4n) is 4.03. The molecule has 5 N–H and O–H groups in total. The van der Waals surface area contributed by atoms with Crippen molar-refractivity contribution < 1.29 is 30.0 Å². The monoisotopic (exact) mass is 459 g/mol. The van der Waals surface area contributed by atoms with E-state index in [0.717, 1.165) is 12.0 Å². The van der Waals surface area contributed by atoms with Crippen molar-refractivity contribution in [2.75, 3.05) is 13.2 Å². The summed E-state index contributed by atoms with van der Waals surface area (Å²) >= 11 is 0. The first-order valence-corrected chi connectivity index (χ1v) is 11.7. The molecule has 1 amide bonds. The van der Waals surface area contributed by atoms with E-state index in [1.165, 1.54) is 0 Å². The summed E-state index contributed by atoms with van der Waals surface area (Å²) in [6.45, 7) is -0.605. The number of benzene rings is 1. The summed E-state index contributed by atoms with van der Waals surface area (Å²) in [5, 5.41) is 41.1. The molecule has 7 heteroatoms. The lowest BCUT2D eigenvalue weighted by atomic mass is 9.90. The molecular weight excluding hydrogens is 422 g/mol. The van der Waals surface area contributed by atoms with Crippen LogP contribution in [0.4, 0.5) is 0 Å². The minimum atomic E-state index is -0.733. The quantitative estimate of drug-likeness (QED) is 0.213. The van der Waals surface area contributed by atoms with Crippen molar-refractivity contribution in [1.82, 2.24) is 5.32 Å². The SMILES string of the molecule is O=C(CCC/C=C\C[C@H]1C(=O)C[C@@H](O)[C@@H]1/C=C/[C@H](O)CCc1ccccc1)NC(CO)CO. The molecule has 182 valence electrons. The maximum Gasteiger partial charge on any atom is 0.220 e. The van der Waals surface area contributed by atoms with E-state index in [2.05, 4.69) is 5.32 Å². The van der Waals surface area contributed by atoms with Gasteiger partial charge in [-0.15, -0.1) is 0 Å². The Morgan fingerprint density at radius 2 is 1.88 bits per heavy atom. The van der Waals surface area contributed by atoms with E-state index in [1.807, 2.05) is 42.5 Å². The minimum Gasteiger partial charge on any atom is -0.394 e. The Morgan fingerprint density at radius 1 is 1.15 bits per heavy atom. The zero-order valence-electron chi connectivity index (χ0n) is 19.1. The van der Waals surface area contributed by atoms with E-state index in [4.69, 9.17) is 10.2 Å². The molecule has 1 saturated carbocycles. The Morgan fingerprint density at radius 3 is 2.58 bits per heavy atom. The molecule has 2 rings (SSSR count). The van der Waals surface area contributed by atoms with Crippen LogP contribution in [0.2, 0.25) is 0 Å². The van der Waals surface area contributed by atoms with Crippen molar-refractivity contribution >= 4 is 11.7 Å². The number of carbonyl (C=O) groups excluding carboxylic acids is 2. The highest BCUT2D eigenvalue weighted by atomic mass is 16.3. The van der Waals surface area contributed by atoms with E-state index in [9.17, 15) is 19.8 Å². The Hall–Kier alpha value is -2.32. The van der Waals surface area contributed by atoms with Crippen molar-refractivity contribution in [3.8, 4) is 0 Å². The van der Waals surface area contributed by atoms with Gasteiger partial charge in [0.15, 0.2) is 0 Å². The first-order chi connectivity index (χ1) is 15.9. The fraction of sp³-hybridized carbons (Fsp3) is 0.538. The smallest absolute Gasteiger partial charge is 0.220 e. The maximum absolute atomic E-state index is 12.3. The van der Waals surface area contributed by atoms with Gasteiger partial charge in [-0.05, 0) is 37.7 Å².